The molecule has 0 aromatic rings. The van der Waals surface area contributed by atoms with Crippen LogP contribution >= 0.6 is 0 Å². The van der Waals surface area contributed by atoms with E-state index in [2.05, 4.69) is 0 Å². The van der Waals surface area contributed by atoms with E-state index >= 15 is 0 Å². The van der Waals surface area contributed by atoms with Crippen molar-refractivity contribution in [1.29, 1.82) is 0 Å². The van der Waals surface area contributed by atoms with Crippen molar-refractivity contribution < 1.29 is 19.3 Å². The summed E-state index contributed by atoms with van der Waals surface area (Å²) in [5.74, 6) is 0. The Balaban J connectivity index is 0.000000605. The molecule has 5 heteroatoms. The zero-order chi connectivity index (χ0) is 6.97. The van der Waals surface area contributed by atoms with Crippen LogP contribution in [0.5, 0.6) is 0 Å². The molecule has 0 bridgehead atoms. The summed E-state index contributed by atoms with van der Waals surface area (Å²) < 4.78 is 15.0. The Morgan fingerprint density at radius 1 is 1.55 bits per heavy atom. The van der Waals surface area contributed by atoms with Crippen molar-refractivity contribution in [2.75, 3.05) is 19.8 Å². The van der Waals surface area contributed by atoms with Gasteiger partial charge in [0.1, 0.15) is 12.2 Å². The standard InChI is InChI=1S/C6H10O4.Li.H/c7-1-5-6(10-5)9-3-4-2-8-4;;/h4-7H,1-3H2;;. The van der Waals surface area contributed by atoms with Crippen molar-refractivity contribution in [2.45, 2.75) is 18.5 Å². The molecule has 60 valence electrons. The number of rotatable bonds is 4. The zero-order valence-electron chi connectivity index (χ0n) is 5.53. The summed E-state index contributed by atoms with van der Waals surface area (Å²) >= 11 is 0. The van der Waals surface area contributed by atoms with Crippen LogP contribution in [-0.4, -0.2) is 62.3 Å². The Labute approximate surface area is 77.0 Å². The van der Waals surface area contributed by atoms with Crippen LogP contribution in [-0.2, 0) is 14.2 Å². The molecule has 2 heterocycles. The zero-order valence-corrected chi connectivity index (χ0v) is 5.53. The fraction of sp³-hybridized carbons (Fsp3) is 1.00. The van der Waals surface area contributed by atoms with Gasteiger partial charge in [-0.15, -0.1) is 0 Å². The second-order valence-electron chi connectivity index (χ2n) is 2.51. The quantitative estimate of drug-likeness (QED) is 0.394. The first kappa shape index (κ1) is 9.52. The predicted molar refractivity (Wildman–Crippen MR) is 38.6 cm³/mol. The summed E-state index contributed by atoms with van der Waals surface area (Å²) in [6.45, 7) is 1.45. The average molecular weight is 154 g/mol. The van der Waals surface area contributed by atoms with Gasteiger partial charge in [-0.2, -0.15) is 0 Å². The van der Waals surface area contributed by atoms with Gasteiger partial charge in [-0.05, 0) is 0 Å². The summed E-state index contributed by atoms with van der Waals surface area (Å²) in [6, 6.07) is 0. The molecule has 0 amide bonds. The number of hydrogen-bond acceptors (Lipinski definition) is 4. The van der Waals surface area contributed by atoms with Crippen molar-refractivity contribution in [3.63, 3.8) is 0 Å². The van der Waals surface area contributed by atoms with Crippen LogP contribution in [0.2, 0.25) is 0 Å². The molecule has 2 aliphatic heterocycles. The molecule has 0 aliphatic carbocycles. The van der Waals surface area contributed by atoms with Gasteiger partial charge >= 0.3 is 18.9 Å². The van der Waals surface area contributed by atoms with E-state index in [0.29, 0.717) is 6.61 Å². The fourth-order valence-electron chi connectivity index (χ4n) is 0.769. The van der Waals surface area contributed by atoms with Gasteiger partial charge in [0.25, 0.3) is 0 Å². The minimum absolute atomic E-state index is 0. The first-order valence-electron chi connectivity index (χ1n) is 3.39. The van der Waals surface area contributed by atoms with Gasteiger partial charge in [-0.1, -0.05) is 0 Å². The van der Waals surface area contributed by atoms with Gasteiger partial charge in [-0.3, -0.25) is 0 Å². The number of hydrogen-bond donors (Lipinski definition) is 1. The van der Waals surface area contributed by atoms with Crippen LogP contribution in [0.3, 0.4) is 0 Å². The number of aliphatic hydroxyl groups excluding tert-OH is 1. The van der Waals surface area contributed by atoms with Crippen LogP contribution in [0.1, 0.15) is 0 Å². The van der Waals surface area contributed by atoms with Crippen molar-refractivity contribution in [3.8, 4) is 0 Å². The van der Waals surface area contributed by atoms with Crippen LogP contribution < -0.4 is 0 Å². The molecule has 0 radical (unpaired) electrons. The second-order valence-corrected chi connectivity index (χ2v) is 2.51. The molecule has 2 saturated heterocycles. The Bertz CT molecular complexity index is 128. The predicted octanol–water partition coefficient (Wildman–Crippen LogP) is -1.53. The number of aliphatic hydroxyl groups is 1. The molecule has 3 unspecified atom stereocenters. The topological polar surface area (TPSA) is 54.5 Å². The summed E-state index contributed by atoms with van der Waals surface area (Å²) in [5.41, 5.74) is 0. The molecule has 11 heavy (non-hydrogen) atoms. The first-order valence-corrected chi connectivity index (χ1v) is 3.39. The van der Waals surface area contributed by atoms with Gasteiger partial charge in [0, 0.05) is 0 Å². The fourth-order valence-corrected chi connectivity index (χ4v) is 0.769. The van der Waals surface area contributed by atoms with E-state index in [1.54, 1.807) is 0 Å². The van der Waals surface area contributed by atoms with Crippen molar-refractivity contribution >= 4 is 18.9 Å². The third kappa shape index (κ3) is 2.75. The van der Waals surface area contributed by atoms with Crippen LogP contribution in [0.15, 0.2) is 0 Å². The van der Waals surface area contributed by atoms with E-state index < -0.39 is 0 Å². The summed E-state index contributed by atoms with van der Waals surface area (Å²) in [4.78, 5) is 0. The number of epoxide rings is 2. The molecule has 2 aliphatic rings. The summed E-state index contributed by atoms with van der Waals surface area (Å²) in [6.07, 6.45) is 0.0245. The van der Waals surface area contributed by atoms with Crippen molar-refractivity contribution in [2.24, 2.45) is 0 Å². The van der Waals surface area contributed by atoms with Crippen LogP contribution in [0, 0.1) is 0 Å². The maximum atomic E-state index is 8.52. The van der Waals surface area contributed by atoms with Crippen molar-refractivity contribution in [3.05, 3.63) is 0 Å². The van der Waals surface area contributed by atoms with E-state index in [9.17, 15) is 0 Å². The molecule has 4 nitrogen and oxygen atoms in total. The molecular formula is C6H11LiO4. The van der Waals surface area contributed by atoms with Gasteiger partial charge < -0.3 is 19.3 Å². The second kappa shape index (κ2) is 3.90. The third-order valence-corrected chi connectivity index (χ3v) is 1.56. The average Bonchev–Trinajstić information content (AvgIpc) is 2.82. The van der Waals surface area contributed by atoms with E-state index in [4.69, 9.17) is 19.3 Å². The van der Waals surface area contributed by atoms with E-state index in [1.165, 1.54) is 0 Å². The normalized spacial score (nSPS) is 39.5. The van der Waals surface area contributed by atoms with Gasteiger partial charge in [-0.25, -0.2) is 0 Å². The maximum absolute atomic E-state index is 8.52. The van der Waals surface area contributed by atoms with E-state index in [0.717, 1.165) is 6.61 Å². The Hall–Kier alpha value is 0.437. The van der Waals surface area contributed by atoms with Crippen LogP contribution in [0.4, 0.5) is 0 Å². The van der Waals surface area contributed by atoms with Crippen LogP contribution in [0.25, 0.3) is 0 Å². The molecule has 2 rings (SSSR count). The molecule has 2 fully saturated rings. The Morgan fingerprint density at radius 3 is 2.73 bits per heavy atom. The number of ether oxygens (including phenoxy) is 3. The van der Waals surface area contributed by atoms with Gasteiger partial charge in [0.15, 0.2) is 6.29 Å². The van der Waals surface area contributed by atoms with Gasteiger partial charge in [0.05, 0.1) is 19.8 Å². The molecule has 0 aromatic carbocycles. The molecule has 0 spiro atoms. The van der Waals surface area contributed by atoms with Gasteiger partial charge in [0.2, 0.25) is 0 Å². The summed E-state index contributed by atoms with van der Waals surface area (Å²) in [5, 5.41) is 8.52. The van der Waals surface area contributed by atoms with E-state index in [-0.39, 0.29) is 44.0 Å². The molecule has 0 aromatic heterocycles. The molecule has 3 atom stereocenters. The Morgan fingerprint density at radius 2 is 2.27 bits per heavy atom. The Kier molecular flexibility index (Phi) is 3.38. The molecule has 0 saturated carbocycles. The first-order chi connectivity index (χ1) is 4.90. The SMILES string of the molecule is OCC1OC1OCC1CO1.[LiH]. The molecule has 1 N–H and O–H groups in total. The monoisotopic (exact) mass is 154 g/mol. The van der Waals surface area contributed by atoms with E-state index in [1.807, 2.05) is 0 Å². The molecular weight excluding hydrogens is 143 g/mol. The van der Waals surface area contributed by atoms with Crippen molar-refractivity contribution in [1.82, 2.24) is 0 Å². The third-order valence-electron chi connectivity index (χ3n) is 1.56. The summed E-state index contributed by atoms with van der Waals surface area (Å²) in [7, 11) is 0. The minimum atomic E-state index is -0.172.